The fourth-order valence-electron chi connectivity index (χ4n) is 2.28. The van der Waals surface area contributed by atoms with Gasteiger partial charge in [0.1, 0.15) is 5.82 Å². The molecule has 0 bridgehead atoms. The molecule has 0 radical (unpaired) electrons. The van der Waals surface area contributed by atoms with Gasteiger partial charge in [0.25, 0.3) is 5.91 Å². The highest BCUT2D eigenvalue weighted by molar-refractivity contribution is 7.20. The summed E-state index contributed by atoms with van der Waals surface area (Å²) < 4.78 is 14.1. The molecule has 5 heteroatoms. The number of carbonyl (C=O) groups excluding carboxylic acids is 1. The van der Waals surface area contributed by atoms with Crippen molar-refractivity contribution in [3.63, 3.8) is 0 Å². The molecule has 0 aliphatic heterocycles. The second-order valence-corrected chi connectivity index (χ2v) is 6.24. The minimum Gasteiger partial charge on any atom is -0.376 e. The normalized spacial score (nSPS) is 10.7. The first-order chi connectivity index (χ1) is 10.5. The fraction of sp³-hybridized carbons (Fsp3) is 0.118. The molecule has 0 aliphatic carbocycles. The van der Waals surface area contributed by atoms with Gasteiger partial charge in [-0.05, 0) is 41.8 Å². The molecular formula is C17H15FN2OS. The maximum Gasteiger partial charge on any atom is 0.265 e. The summed E-state index contributed by atoms with van der Waals surface area (Å²) in [5.74, 6) is -0.480. The molecule has 3 nitrogen and oxygen atoms in total. The molecule has 0 aliphatic rings. The standard InChI is InChI=1S/C17H15FN2OS/c1-20(2)14-6-4-3-5-13(14)19-17(21)16-10-11-9-12(18)7-8-15(11)22-16/h3-10H,1-2H3,(H,19,21). The molecule has 0 saturated heterocycles. The van der Waals surface area contributed by atoms with E-state index in [1.54, 1.807) is 12.1 Å². The van der Waals surface area contributed by atoms with E-state index in [-0.39, 0.29) is 11.7 Å². The molecule has 1 N–H and O–H groups in total. The highest BCUT2D eigenvalue weighted by Gasteiger charge is 2.13. The monoisotopic (exact) mass is 314 g/mol. The molecule has 0 saturated carbocycles. The number of carbonyl (C=O) groups is 1. The van der Waals surface area contributed by atoms with Crippen LogP contribution in [0.5, 0.6) is 0 Å². The van der Waals surface area contributed by atoms with E-state index in [0.29, 0.717) is 4.88 Å². The largest absolute Gasteiger partial charge is 0.376 e. The Kier molecular flexibility index (Phi) is 3.81. The summed E-state index contributed by atoms with van der Waals surface area (Å²) in [5.41, 5.74) is 1.68. The van der Waals surface area contributed by atoms with E-state index in [0.717, 1.165) is 21.5 Å². The first-order valence-corrected chi connectivity index (χ1v) is 7.63. The van der Waals surface area contributed by atoms with Gasteiger partial charge in [-0.3, -0.25) is 4.79 Å². The summed E-state index contributed by atoms with van der Waals surface area (Å²) >= 11 is 1.36. The fourth-order valence-corrected chi connectivity index (χ4v) is 3.22. The number of benzene rings is 2. The van der Waals surface area contributed by atoms with Crippen molar-refractivity contribution < 1.29 is 9.18 Å². The molecule has 0 spiro atoms. The van der Waals surface area contributed by atoms with E-state index in [1.807, 2.05) is 43.3 Å². The zero-order chi connectivity index (χ0) is 15.7. The molecule has 3 rings (SSSR count). The molecule has 112 valence electrons. The van der Waals surface area contributed by atoms with Crippen molar-refractivity contribution >= 4 is 38.7 Å². The summed E-state index contributed by atoms with van der Waals surface area (Å²) in [7, 11) is 3.85. The number of rotatable bonds is 3. The van der Waals surface area contributed by atoms with Crippen molar-refractivity contribution in [1.29, 1.82) is 0 Å². The Labute approximate surface area is 132 Å². The van der Waals surface area contributed by atoms with Crippen LogP contribution in [0.15, 0.2) is 48.5 Å². The molecule has 2 aromatic carbocycles. The number of para-hydroxylation sites is 2. The van der Waals surface area contributed by atoms with Crippen LogP contribution in [0.25, 0.3) is 10.1 Å². The Hall–Kier alpha value is -2.40. The molecular weight excluding hydrogens is 299 g/mol. The van der Waals surface area contributed by atoms with Crippen LogP contribution in [-0.4, -0.2) is 20.0 Å². The van der Waals surface area contributed by atoms with Gasteiger partial charge in [0.2, 0.25) is 0 Å². The summed E-state index contributed by atoms with van der Waals surface area (Å²) in [4.78, 5) is 14.9. The summed E-state index contributed by atoms with van der Waals surface area (Å²) in [6.07, 6.45) is 0. The van der Waals surface area contributed by atoms with Crippen molar-refractivity contribution in [1.82, 2.24) is 0 Å². The molecule has 0 atom stereocenters. The number of fused-ring (bicyclic) bond motifs is 1. The van der Waals surface area contributed by atoms with Gasteiger partial charge in [0, 0.05) is 18.8 Å². The number of nitrogens with one attached hydrogen (secondary N) is 1. The molecule has 22 heavy (non-hydrogen) atoms. The predicted molar refractivity (Wildman–Crippen MR) is 90.5 cm³/mol. The SMILES string of the molecule is CN(C)c1ccccc1NC(=O)c1cc2cc(F)ccc2s1. The number of thiophene rings is 1. The van der Waals surface area contributed by atoms with Crippen LogP contribution < -0.4 is 10.2 Å². The molecule has 0 fully saturated rings. The average molecular weight is 314 g/mol. The van der Waals surface area contributed by atoms with E-state index in [9.17, 15) is 9.18 Å². The third kappa shape index (κ3) is 2.80. The van der Waals surface area contributed by atoms with Crippen LogP contribution in [0.1, 0.15) is 9.67 Å². The van der Waals surface area contributed by atoms with Gasteiger partial charge in [-0.25, -0.2) is 4.39 Å². The third-order valence-corrected chi connectivity index (χ3v) is 4.45. The topological polar surface area (TPSA) is 32.3 Å². The second kappa shape index (κ2) is 5.77. The van der Waals surface area contributed by atoms with E-state index in [4.69, 9.17) is 0 Å². The number of halogens is 1. The molecule has 0 unspecified atom stereocenters. The Morgan fingerprint density at radius 2 is 1.91 bits per heavy atom. The lowest BCUT2D eigenvalue weighted by atomic mass is 10.2. The van der Waals surface area contributed by atoms with Crippen molar-refractivity contribution in [2.75, 3.05) is 24.3 Å². The van der Waals surface area contributed by atoms with Crippen LogP contribution in [-0.2, 0) is 0 Å². The lowest BCUT2D eigenvalue weighted by Crippen LogP contribution is -2.15. The number of hydrogen-bond acceptors (Lipinski definition) is 3. The maximum atomic E-state index is 13.2. The quantitative estimate of drug-likeness (QED) is 0.779. The Morgan fingerprint density at radius 3 is 2.68 bits per heavy atom. The zero-order valence-electron chi connectivity index (χ0n) is 12.3. The zero-order valence-corrected chi connectivity index (χ0v) is 13.1. The predicted octanol–water partition coefficient (Wildman–Crippen LogP) is 4.36. The lowest BCUT2D eigenvalue weighted by Gasteiger charge is -2.17. The number of amides is 1. The number of nitrogens with zero attached hydrogens (tertiary/aromatic N) is 1. The van der Waals surface area contributed by atoms with Crippen LogP contribution >= 0.6 is 11.3 Å². The Balaban J connectivity index is 1.90. The van der Waals surface area contributed by atoms with E-state index in [2.05, 4.69) is 5.32 Å². The maximum absolute atomic E-state index is 13.2. The number of hydrogen-bond donors (Lipinski definition) is 1. The van der Waals surface area contributed by atoms with Gasteiger partial charge in [-0.15, -0.1) is 11.3 Å². The van der Waals surface area contributed by atoms with Crippen LogP contribution in [0.2, 0.25) is 0 Å². The highest BCUT2D eigenvalue weighted by Crippen LogP contribution is 2.29. The van der Waals surface area contributed by atoms with Gasteiger partial charge in [0.05, 0.1) is 16.3 Å². The summed E-state index contributed by atoms with van der Waals surface area (Å²) in [5, 5.41) is 3.67. The van der Waals surface area contributed by atoms with Crippen LogP contribution in [0, 0.1) is 5.82 Å². The van der Waals surface area contributed by atoms with Crippen molar-refractivity contribution in [2.24, 2.45) is 0 Å². The summed E-state index contributed by atoms with van der Waals surface area (Å²) in [6, 6.07) is 13.9. The van der Waals surface area contributed by atoms with E-state index < -0.39 is 0 Å². The Bertz CT molecular complexity index is 842. The average Bonchev–Trinajstić information content (AvgIpc) is 2.90. The Morgan fingerprint density at radius 1 is 1.14 bits per heavy atom. The minimum absolute atomic E-state index is 0.184. The molecule has 1 aromatic heterocycles. The minimum atomic E-state index is -0.296. The van der Waals surface area contributed by atoms with Gasteiger partial charge >= 0.3 is 0 Å². The third-order valence-electron chi connectivity index (χ3n) is 3.34. The van der Waals surface area contributed by atoms with Crippen LogP contribution in [0.4, 0.5) is 15.8 Å². The van der Waals surface area contributed by atoms with Crippen molar-refractivity contribution in [3.05, 3.63) is 59.2 Å². The highest BCUT2D eigenvalue weighted by atomic mass is 32.1. The van der Waals surface area contributed by atoms with E-state index >= 15 is 0 Å². The second-order valence-electron chi connectivity index (χ2n) is 5.16. The molecule has 1 amide bonds. The molecule has 1 heterocycles. The molecule has 3 aromatic rings. The lowest BCUT2D eigenvalue weighted by molar-refractivity contribution is 0.103. The van der Waals surface area contributed by atoms with Gasteiger partial charge < -0.3 is 10.2 Å². The summed E-state index contributed by atoms with van der Waals surface area (Å²) in [6.45, 7) is 0. The van der Waals surface area contributed by atoms with E-state index in [1.165, 1.54) is 23.5 Å². The van der Waals surface area contributed by atoms with Gasteiger partial charge in [-0.1, -0.05) is 12.1 Å². The van der Waals surface area contributed by atoms with Gasteiger partial charge in [0.15, 0.2) is 0 Å². The van der Waals surface area contributed by atoms with Crippen molar-refractivity contribution in [2.45, 2.75) is 0 Å². The smallest absolute Gasteiger partial charge is 0.265 e. The van der Waals surface area contributed by atoms with Crippen LogP contribution in [0.3, 0.4) is 0 Å². The van der Waals surface area contributed by atoms with Gasteiger partial charge in [-0.2, -0.15) is 0 Å². The first kappa shape index (κ1) is 14.5. The van der Waals surface area contributed by atoms with Crippen molar-refractivity contribution in [3.8, 4) is 0 Å². The number of anilines is 2. The first-order valence-electron chi connectivity index (χ1n) is 6.81.